The number of carbonyl (C=O) groups excluding carboxylic acids is 1. The van der Waals surface area contributed by atoms with E-state index in [4.69, 9.17) is 4.74 Å². The molecule has 0 aliphatic heterocycles. The average molecular weight is 182 g/mol. The zero-order chi connectivity index (χ0) is 9.68. The molecule has 72 valence electrons. The molecule has 0 radical (unpaired) electrons. The Hall–Kier alpha value is -1.16. The Labute approximate surface area is 77.5 Å². The van der Waals surface area contributed by atoms with Gasteiger partial charge in [0.25, 0.3) is 0 Å². The van der Waals surface area contributed by atoms with E-state index in [1.165, 1.54) is 0 Å². The van der Waals surface area contributed by atoms with Gasteiger partial charge in [-0.25, -0.2) is 0 Å². The lowest BCUT2D eigenvalue weighted by Crippen LogP contribution is -2.14. The highest BCUT2D eigenvalue weighted by atomic mass is 16.5. The van der Waals surface area contributed by atoms with E-state index in [0.29, 0.717) is 18.8 Å². The fraction of sp³-hybridized carbons (Fsp3) is 0.556. The van der Waals surface area contributed by atoms with Crippen LogP contribution in [0, 0.1) is 0 Å². The molecule has 0 spiro atoms. The molecule has 0 aromatic carbocycles. The summed E-state index contributed by atoms with van der Waals surface area (Å²) in [6.45, 7) is 5.23. The minimum Gasteiger partial charge on any atom is -0.374 e. The van der Waals surface area contributed by atoms with E-state index in [1.54, 1.807) is 16.9 Å². The summed E-state index contributed by atoms with van der Waals surface area (Å²) in [5.74, 6) is -0.0128. The van der Waals surface area contributed by atoms with Gasteiger partial charge in [-0.2, -0.15) is 5.10 Å². The molecule has 1 heterocycles. The van der Waals surface area contributed by atoms with Crippen LogP contribution in [0.1, 0.15) is 24.3 Å². The predicted molar refractivity (Wildman–Crippen MR) is 48.7 cm³/mol. The number of ketones is 1. The summed E-state index contributed by atoms with van der Waals surface area (Å²) in [7, 11) is 0. The molecular formula is C9H14N2O2. The highest BCUT2D eigenvalue weighted by Gasteiger charge is 2.10. The van der Waals surface area contributed by atoms with Crippen LogP contribution in [-0.4, -0.2) is 28.8 Å². The monoisotopic (exact) mass is 182 g/mol. The lowest BCUT2D eigenvalue weighted by molar-refractivity contribution is 0.0772. The quantitative estimate of drug-likeness (QED) is 0.641. The topological polar surface area (TPSA) is 44.1 Å². The van der Waals surface area contributed by atoms with Gasteiger partial charge in [-0.05, 0) is 19.9 Å². The average Bonchev–Trinajstić information content (AvgIpc) is 2.61. The molecule has 4 heteroatoms. The van der Waals surface area contributed by atoms with Crippen LogP contribution in [-0.2, 0) is 11.3 Å². The van der Waals surface area contributed by atoms with Crippen LogP contribution >= 0.6 is 0 Å². The maximum absolute atomic E-state index is 11.5. The largest absolute Gasteiger partial charge is 0.374 e. The smallest absolute Gasteiger partial charge is 0.206 e. The van der Waals surface area contributed by atoms with Crippen LogP contribution in [0.4, 0.5) is 0 Å². The number of aryl methyl sites for hydroxylation is 1. The number of hydrogen-bond acceptors (Lipinski definition) is 3. The molecule has 0 bridgehead atoms. The highest BCUT2D eigenvalue weighted by molar-refractivity contribution is 5.95. The predicted octanol–water partition coefficient (Wildman–Crippen LogP) is 1.12. The van der Waals surface area contributed by atoms with Gasteiger partial charge >= 0.3 is 0 Å². The van der Waals surface area contributed by atoms with Crippen LogP contribution < -0.4 is 0 Å². The van der Waals surface area contributed by atoms with E-state index in [1.807, 2.05) is 13.8 Å². The van der Waals surface area contributed by atoms with E-state index < -0.39 is 0 Å². The van der Waals surface area contributed by atoms with Crippen LogP contribution in [0.5, 0.6) is 0 Å². The molecule has 4 nitrogen and oxygen atoms in total. The zero-order valence-corrected chi connectivity index (χ0v) is 7.99. The Balaban J connectivity index is 2.65. The standard InChI is InChI=1S/C9H14N2O2/c1-3-11-8(5-6-10-11)9(12)7-13-4-2/h5-6H,3-4,7H2,1-2H3. The Morgan fingerprint density at radius 2 is 2.38 bits per heavy atom. The second kappa shape index (κ2) is 4.77. The summed E-state index contributed by atoms with van der Waals surface area (Å²) in [5, 5.41) is 4.00. The molecule has 0 aliphatic rings. The summed E-state index contributed by atoms with van der Waals surface area (Å²) in [6.07, 6.45) is 1.63. The van der Waals surface area contributed by atoms with Gasteiger partial charge in [0.1, 0.15) is 12.3 Å². The van der Waals surface area contributed by atoms with Crippen LogP contribution in [0.15, 0.2) is 12.3 Å². The van der Waals surface area contributed by atoms with E-state index in [2.05, 4.69) is 5.10 Å². The molecule has 0 fully saturated rings. The maximum Gasteiger partial charge on any atom is 0.206 e. The van der Waals surface area contributed by atoms with Gasteiger partial charge in [-0.15, -0.1) is 0 Å². The minimum atomic E-state index is -0.0128. The Bertz CT molecular complexity index is 281. The highest BCUT2D eigenvalue weighted by Crippen LogP contribution is 2.00. The summed E-state index contributed by atoms with van der Waals surface area (Å²) >= 11 is 0. The molecule has 0 aliphatic carbocycles. The molecule has 0 saturated heterocycles. The summed E-state index contributed by atoms with van der Waals surface area (Å²) in [6, 6.07) is 1.71. The maximum atomic E-state index is 11.5. The lowest BCUT2D eigenvalue weighted by Gasteiger charge is -2.03. The molecule has 1 aromatic heterocycles. The van der Waals surface area contributed by atoms with Gasteiger partial charge in [0.05, 0.1) is 0 Å². The number of aromatic nitrogens is 2. The third-order valence-electron chi connectivity index (χ3n) is 1.74. The van der Waals surface area contributed by atoms with Crippen molar-refractivity contribution in [1.29, 1.82) is 0 Å². The molecule has 1 rings (SSSR count). The molecule has 0 N–H and O–H groups in total. The Morgan fingerprint density at radius 1 is 1.62 bits per heavy atom. The second-order valence-electron chi connectivity index (χ2n) is 2.59. The van der Waals surface area contributed by atoms with Crippen LogP contribution in [0.3, 0.4) is 0 Å². The van der Waals surface area contributed by atoms with Crippen molar-refractivity contribution in [2.75, 3.05) is 13.2 Å². The third-order valence-corrected chi connectivity index (χ3v) is 1.74. The van der Waals surface area contributed by atoms with Crippen molar-refractivity contribution in [3.8, 4) is 0 Å². The van der Waals surface area contributed by atoms with Crippen molar-refractivity contribution in [2.24, 2.45) is 0 Å². The number of nitrogens with zero attached hydrogens (tertiary/aromatic N) is 2. The van der Waals surface area contributed by atoms with Crippen molar-refractivity contribution < 1.29 is 9.53 Å². The fourth-order valence-corrected chi connectivity index (χ4v) is 1.09. The van der Waals surface area contributed by atoms with Gasteiger partial charge in [0, 0.05) is 19.3 Å². The number of carbonyl (C=O) groups is 1. The van der Waals surface area contributed by atoms with Crippen molar-refractivity contribution in [3.05, 3.63) is 18.0 Å². The Morgan fingerprint density at radius 3 is 3.00 bits per heavy atom. The normalized spacial score (nSPS) is 10.3. The molecule has 0 atom stereocenters. The molecule has 1 aromatic rings. The minimum absolute atomic E-state index is 0.0128. The van der Waals surface area contributed by atoms with E-state index >= 15 is 0 Å². The summed E-state index contributed by atoms with van der Waals surface area (Å²) in [4.78, 5) is 11.5. The fourth-order valence-electron chi connectivity index (χ4n) is 1.09. The molecule has 0 saturated carbocycles. The molecule has 0 amide bonds. The molecule has 0 unspecified atom stereocenters. The van der Waals surface area contributed by atoms with Crippen molar-refractivity contribution in [3.63, 3.8) is 0 Å². The van der Waals surface area contributed by atoms with E-state index in [0.717, 1.165) is 0 Å². The van der Waals surface area contributed by atoms with Crippen LogP contribution in [0.25, 0.3) is 0 Å². The SMILES string of the molecule is CCOCC(=O)c1ccnn1CC. The first-order valence-corrected chi connectivity index (χ1v) is 4.42. The van der Waals surface area contributed by atoms with E-state index in [9.17, 15) is 4.79 Å². The number of Topliss-reactive ketones (excluding diaryl/α,β-unsaturated/α-hetero) is 1. The lowest BCUT2D eigenvalue weighted by atomic mass is 10.3. The first kappa shape index (κ1) is 9.92. The van der Waals surface area contributed by atoms with Gasteiger partial charge in [-0.3, -0.25) is 9.48 Å². The number of ether oxygens (including phenoxy) is 1. The summed E-state index contributed by atoms with van der Waals surface area (Å²) in [5.41, 5.74) is 0.621. The Kier molecular flexibility index (Phi) is 3.64. The van der Waals surface area contributed by atoms with Crippen molar-refractivity contribution in [1.82, 2.24) is 9.78 Å². The first-order valence-electron chi connectivity index (χ1n) is 4.42. The second-order valence-corrected chi connectivity index (χ2v) is 2.59. The van der Waals surface area contributed by atoms with Crippen molar-refractivity contribution >= 4 is 5.78 Å². The van der Waals surface area contributed by atoms with Crippen LogP contribution in [0.2, 0.25) is 0 Å². The number of rotatable bonds is 5. The van der Waals surface area contributed by atoms with E-state index in [-0.39, 0.29) is 12.4 Å². The van der Waals surface area contributed by atoms with Crippen molar-refractivity contribution in [2.45, 2.75) is 20.4 Å². The molecular weight excluding hydrogens is 168 g/mol. The molecule has 13 heavy (non-hydrogen) atoms. The van der Waals surface area contributed by atoms with Gasteiger partial charge in [-0.1, -0.05) is 0 Å². The van der Waals surface area contributed by atoms with Gasteiger partial charge < -0.3 is 4.74 Å². The third kappa shape index (κ3) is 2.39. The zero-order valence-electron chi connectivity index (χ0n) is 7.99. The van der Waals surface area contributed by atoms with Gasteiger partial charge in [0.2, 0.25) is 5.78 Å². The number of hydrogen-bond donors (Lipinski definition) is 0. The van der Waals surface area contributed by atoms with Gasteiger partial charge in [0.15, 0.2) is 0 Å². The summed E-state index contributed by atoms with van der Waals surface area (Å²) < 4.78 is 6.70. The first-order chi connectivity index (χ1) is 6.29.